The number of halogens is 1. The van der Waals surface area contributed by atoms with E-state index in [9.17, 15) is 4.79 Å². The molecule has 2 nitrogen and oxygen atoms in total. The van der Waals surface area contributed by atoms with E-state index in [1.807, 2.05) is 6.07 Å². The molecule has 0 saturated carbocycles. The topological polar surface area (TPSA) is 20.3 Å². The molecule has 0 spiro atoms. The average molecular weight is 385 g/mol. The fourth-order valence-corrected chi connectivity index (χ4v) is 2.44. The molecule has 0 bridgehead atoms. The van der Waals surface area contributed by atoms with E-state index in [0.29, 0.717) is 6.42 Å². The fraction of sp³-hybridized carbons (Fsp3) is 0.471. The Morgan fingerprint density at radius 1 is 1.15 bits per heavy atom. The zero-order valence-electron chi connectivity index (χ0n) is 12.7. The summed E-state index contributed by atoms with van der Waals surface area (Å²) >= 11 is 2.43. The summed E-state index contributed by atoms with van der Waals surface area (Å²) in [6.07, 6.45) is 1.62. The summed E-state index contributed by atoms with van der Waals surface area (Å²) in [4.78, 5) is 13.5. The van der Waals surface area contributed by atoms with Gasteiger partial charge >= 0.3 is 0 Å². The molecular weight excluding hydrogens is 361 g/mol. The van der Waals surface area contributed by atoms with Crippen molar-refractivity contribution in [3.05, 3.63) is 45.0 Å². The molecule has 0 N–H and O–H groups in total. The van der Waals surface area contributed by atoms with Gasteiger partial charge in [0, 0.05) is 23.1 Å². The Morgan fingerprint density at radius 2 is 1.80 bits per heavy atom. The molecule has 0 unspecified atom stereocenters. The number of rotatable bonds is 8. The van der Waals surface area contributed by atoms with Gasteiger partial charge in [-0.05, 0) is 61.9 Å². The smallest absolute Gasteiger partial charge is 0.129 e. The number of carbonyl (C=O) groups excluding carboxylic acids is 1. The van der Waals surface area contributed by atoms with Gasteiger partial charge in [0.05, 0.1) is 0 Å². The maximum absolute atomic E-state index is 11.1. The average Bonchev–Trinajstić information content (AvgIpc) is 2.39. The second-order valence-corrected chi connectivity index (χ2v) is 6.71. The van der Waals surface area contributed by atoms with Crippen molar-refractivity contribution in [3.63, 3.8) is 0 Å². The molecule has 3 heteroatoms. The predicted octanol–water partition coefficient (Wildman–Crippen LogP) is 4.59. The first-order valence-corrected chi connectivity index (χ1v) is 8.14. The Hall–Kier alpha value is -0.680. The first kappa shape index (κ1) is 17.4. The minimum Gasteiger partial charge on any atom is -0.300 e. The molecule has 0 aliphatic carbocycles. The first-order chi connectivity index (χ1) is 9.49. The number of Topliss-reactive ketones (excluding diaryl/α,β-unsaturated/α-hetero) is 1. The van der Waals surface area contributed by atoms with Gasteiger partial charge in [0.2, 0.25) is 0 Å². The largest absolute Gasteiger partial charge is 0.300 e. The molecule has 1 aromatic carbocycles. The molecule has 0 radical (unpaired) electrons. The lowest BCUT2D eigenvalue weighted by atomic mass is 10.2. The van der Waals surface area contributed by atoms with Crippen LogP contribution in [0.2, 0.25) is 0 Å². The van der Waals surface area contributed by atoms with Crippen LogP contribution in [0, 0.1) is 0 Å². The van der Waals surface area contributed by atoms with Gasteiger partial charge in [0.1, 0.15) is 5.78 Å². The van der Waals surface area contributed by atoms with Crippen LogP contribution in [0.3, 0.4) is 0 Å². The molecular formula is C17H24INO. The van der Waals surface area contributed by atoms with Crippen molar-refractivity contribution in [1.82, 2.24) is 4.90 Å². The highest BCUT2D eigenvalue weighted by molar-refractivity contribution is 14.1. The van der Waals surface area contributed by atoms with Crippen molar-refractivity contribution in [1.29, 1.82) is 0 Å². The second kappa shape index (κ2) is 9.29. The predicted molar refractivity (Wildman–Crippen MR) is 94.0 cm³/mol. The molecule has 0 heterocycles. The second-order valence-electron chi connectivity index (χ2n) is 5.41. The maximum atomic E-state index is 11.1. The third kappa shape index (κ3) is 7.20. The number of allylic oxidation sites excluding steroid dienone is 1. The Morgan fingerprint density at radius 3 is 2.35 bits per heavy atom. The molecule has 1 rings (SSSR count). The van der Waals surface area contributed by atoms with E-state index in [1.165, 1.54) is 14.7 Å². The van der Waals surface area contributed by atoms with E-state index in [4.69, 9.17) is 0 Å². The van der Waals surface area contributed by atoms with Gasteiger partial charge in [-0.3, -0.25) is 4.90 Å². The van der Waals surface area contributed by atoms with Crippen LogP contribution < -0.4 is 0 Å². The van der Waals surface area contributed by atoms with E-state index < -0.39 is 0 Å². The number of nitrogens with zero attached hydrogens (tertiary/aromatic N) is 1. The minimum atomic E-state index is 0.279. The number of ketones is 1. The zero-order chi connectivity index (χ0) is 15.0. The highest BCUT2D eigenvalue weighted by Gasteiger charge is 2.09. The quantitative estimate of drug-likeness (QED) is 0.611. The van der Waals surface area contributed by atoms with Crippen LogP contribution in [0.1, 0.15) is 39.2 Å². The summed E-state index contributed by atoms with van der Waals surface area (Å²) < 4.78 is 1.39. The van der Waals surface area contributed by atoms with E-state index in [2.05, 4.69) is 65.6 Å². The van der Waals surface area contributed by atoms with E-state index >= 15 is 0 Å². The van der Waals surface area contributed by atoms with Crippen LogP contribution in [0.5, 0.6) is 0 Å². The Balaban J connectivity index is 2.63. The molecule has 0 amide bonds. The Bertz CT molecular complexity index is 449. The van der Waals surface area contributed by atoms with Gasteiger partial charge in [-0.1, -0.05) is 35.9 Å². The SMILES string of the molecule is CC(=O)CCCN(CC(I)=C(C)C)Cc1ccccc1. The van der Waals surface area contributed by atoms with Gasteiger partial charge < -0.3 is 4.79 Å². The van der Waals surface area contributed by atoms with E-state index in [-0.39, 0.29) is 5.78 Å². The van der Waals surface area contributed by atoms with Crippen LogP contribution in [0.25, 0.3) is 0 Å². The van der Waals surface area contributed by atoms with Crippen molar-refractivity contribution in [3.8, 4) is 0 Å². The molecule has 0 atom stereocenters. The third-order valence-corrected chi connectivity index (χ3v) is 4.58. The summed E-state index contributed by atoms with van der Waals surface area (Å²) in [7, 11) is 0. The van der Waals surface area contributed by atoms with Gasteiger partial charge in [0.25, 0.3) is 0 Å². The number of carbonyl (C=O) groups is 1. The standard InChI is InChI=1S/C17H24INO/c1-14(2)17(18)13-19(11-7-8-15(3)20)12-16-9-5-4-6-10-16/h4-6,9-10H,7-8,11-13H2,1-3H3. The lowest BCUT2D eigenvalue weighted by Gasteiger charge is -2.22. The molecule has 0 aromatic heterocycles. The molecule has 1 aromatic rings. The molecule has 0 aliphatic heterocycles. The van der Waals surface area contributed by atoms with Crippen molar-refractivity contribution < 1.29 is 4.79 Å². The summed E-state index contributed by atoms with van der Waals surface area (Å²) in [5.74, 6) is 0.279. The highest BCUT2D eigenvalue weighted by atomic mass is 127. The van der Waals surface area contributed by atoms with E-state index in [1.54, 1.807) is 6.92 Å². The van der Waals surface area contributed by atoms with Crippen LogP contribution >= 0.6 is 22.6 Å². The van der Waals surface area contributed by atoms with Crippen LogP contribution in [0.15, 0.2) is 39.5 Å². The first-order valence-electron chi connectivity index (χ1n) is 7.06. The van der Waals surface area contributed by atoms with Crippen molar-refractivity contribution in [2.45, 2.75) is 40.2 Å². The lowest BCUT2D eigenvalue weighted by molar-refractivity contribution is -0.117. The maximum Gasteiger partial charge on any atom is 0.129 e. The number of hydrogen-bond acceptors (Lipinski definition) is 2. The molecule has 0 aliphatic rings. The minimum absolute atomic E-state index is 0.279. The summed E-state index contributed by atoms with van der Waals surface area (Å²) in [6.45, 7) is 8.85. The summed E-state index contributed by atoms with van der Waals surface area (Å²) in [5.41, 5.74) is 2.70. The van der Waals surface area contributed by atoms with Crippen molar-refractivity contribution >= 4 is 28.4 Å². The molecule has 0 fully saturated rings. The number of benzene rings is 1. The zero-order valence-corrected chi connectivity index (χ0v) is 14.8. The number of hydrogen-bond donors (Lipinski definition) is 0. The summed E-state index contributed by atoms with van der Waals surface area (Å²) in [5, 5.41) is 0. The van der Waals surface area contributed by atoms with Gasteiger partial charge in [-0.2, -0.15) is 0 Å². The van der Waals surface area contributed by atoms with Crippen LogP contribution in [-0.2, 0) is 11.3 Å². The molecule has 0 saturated heterocycles. The van der Waals surface area contributed by atoms with Gasteiger partial charge in [0.15, 0.2) is 0 Å². The van der Waals surface area contributed by atoms with Crippen molar-refractivity contribution in [2.24, 2.45) is 0 Å². The molecule has 110 valence electrons. The molecule has 20 heavy (non-hydrogen) atoms. The normalized spacial score (nSPS) is 10.7. The monoisotopic (exact) mass is 385 g/mol. The van der Waals surface area contributed by atoms with Crippen molar-refractivity contribution in [2.75, 3.05) is 13.1 Å². The highest BCUT2D eigenvalue weighted by Crippen LogP contribution is 2.16. The van der Waals surface area contributed by atoms with E-state index in [0.717, 1.165) is 26.1 Å². The fourth-order valence-electron chi connectivity index (χ4n) is 1.96. The van der Waals surface area contributed by atoms with Gasteiger partial charge in [-0.25, -0.2) is 0 Å². The lowest BCUT2D eigenvalue weighted by Crippen LogP contribution is -2.26. The summed E-state index contributed by atoms with van der Waals surface area (Å²) in [6, 6.07) is 10.5. The Labute approximate surface area is 136 Å². The Kier molecular flexibility index (Phi) is 8.07. The third-order valence-electron chi connectivity index (χ3n) is 3.16. The van der Waals surface area contributed by atoms with Crippen LogP contribution in [0.4, 0.5) is 0 Å². The van der Waals surface area contributed by atoms with Gasteiger partial charge in [-0.15, -0.1) is 0 Å². The van der Waals surface area contributed by atoms with Crippen LogP contribution in [-0.4, -0.2) is 23.8 Å².